The molecule has 1 aliphatic carbocycles. The Morgan fingerprint density at radius 1 is 1.20 bits per heavy atom. The molecule has 1 unspecified atom stereocenters. The van der Waals surface area contributed by atoms with Crippen molar-refractivity contribution in [3.63, 3.8) is 0 Å². The first-order valence-electron chi connectivity index (χ1n) is 8.60. The molecule has 0 aromatic rings. The number of likely N-dealkylation sites (N-methyl/N-ethyl adjacent to an activating group) is 1. The fourth-order valence-electron chi connectivity index (χ4n) is 4.30. The monoisotopic (exact) mass is 281 g/mol. The molecule has 0 aromatic carbocycles. The van der Waals surface area contributed by atoms with Crippen molar-refractivity contribution in [1.29, 1.82) is 0 Å². The molecule has 118 valence electrons. The molecule has 0 aromatic heterocycles. The average molecular weight is 281 g/mol. The molecule has 20 heavy (non-hydrogen) atoms. The lowest BCUT2D eigenvalue weighted by Crippen LogP contribution is -2.60. The van der Waals surface area contributed by atoms with E-state index in [2.05, 4.69) is 37.7 Å². The molecule has 0 amide bonds. The number of likely N-dealkylation sites (tertiary alicyclic amines) is 1. The van der Waals surface area contributed by atoms with Gasteiger partial charge < -0.3 is 10.6 Å². The van der Waals surface area contributed by atoms with Crippen LogP contribution in [0.3, 0.4) is 0 Å². The van der Waals surface area contributed by atoms with E-state index >= 15 is 0 Å². The molecule has 2 N–H and O–H groups in total. The maximum atomic E-state index is 6.26. The quantitative estimate of drug-likeness (QED) is 0.859. The van der Waals surface area contributed by atoms with Gasteiger partial charge in [0, 0.05) is 24.7 Å². The molecule has 3 heteroatoms. The minimum Gasteiger partial charge on any atom is -0.329 e. The SMILES string of the molecule is CC(C)C1CCC(CN)(N2CCCC(N(C)C)C2)CC1. The largest absolute Gasteiger partial charge is 0.329 e. The third-order valence-electron chi connectivity index (χ3n) is 6.08. The van der Waals surface area contributed by atoms with E-state index in [1.165, 1.54) is 51.6 Å². The normalized spacial score (nSPS) is 36.8. The van der Waals surface area contributed by atoms with E-state index in [4.69, 9.17) is 5.73 Å². The van der Waals surface area contributed by atoms with Gasteiger partial charge in [-0.25, -0.2) is 0 Å². The number of nitrogens with two attached hydrogens (primary N) is 1. The number of hydrogen-bond donors (Lipinski definition) is 1. The standard InChI is InChI=1S/C17H35N3/c1-14(2)15-7-9-17(13-18,10-8-15)20-11-5-6-16(12-20)19(3)4/h14-16H,5-13,18H2,1-4H3. The predicted octanol–water partition coefficient (Wildman–Crippen LogP) is 2.56. The van der Waals surface area contributed by atoms with Crippen LogP contribution in [0, 0.1) is 11.8 Å². The van der Waals surface area contributed by atoms with Gasteiger partial charge in [0.25, 0.3) is 0 Å². The average Bonchev–Trinajstić information content (AvgIpc) is 2.47. The maximum absolute atomic E-state index is 6.26. The second-order valence-electron chi connectivity index (χ2n) is 7.72. The van der Waals surface area contributed by atoms with Gasteiger partial charge in [0.1, 0.15) is 0 Å². The highest BCUT2D eigenvalue weighted by atomic mass is 15.3. The lowest BCUT2D eigenvalue weighted by molar-refractivity contribution is -0.00212. The van der Waals surface area contributed by atoms with Gasteiger partial charge in [-0.15, -0.1) is 0 Å². The van der Waals surface area contributed by atoms with Crippen LogP contribution in [0.2, 0.25) is 0 Å². The van der Waals surface area contributed by atoms with Crippen molar-refractivity contribution in [2.45, 2.75) is 64.0 Å². The highest BCUT2D eigenvalue weighted by molar-refractivity contribution is 4.98. The first kappa shape index (κ1) is 16.3. The molecule has 2 rings (SSSR count). The van der Waals surface area contributed by atoms with Crippen molar-refractivity contribution in [3.8, 4) is 0 Å². The van der Waals surface area contributed by atoms with E-state index in [0.717, 1.165) is 24.4 Å². The number of piperidine rings is 1. The van der Waals surface area contributed by atoms with Gasteiger partial charge in [0.05, 0.1) is 0 Å². The van der Waals surface area contributed by atoms with Crippen LogP contribution in [0.25, 0.3) is 0 Å². The van der Waals surface area contributed by atoms with Crippen molar-refractivity contribution >= 4 is 0 Å². The Kier molecular flexibility index (Phi) is 5.49. The van der Waals surface area contributed by atoms with Crippen molar-refractivity contribution in [2.24, 2.45) is 17.6 Å². The first-order chi connectivity index (χ1) is 9.48. The summed E-state index contributed by atoms with van der Waals surface area (Å²) in [6.07, 6.45) is 8.05. The topological polar surface area (TPSA) is 32.5 Å². The molecule has 1 atom stereocenters. The number of rotatable bonds is 4. The van der Waals surface area contributed by atoms with Crippen LogP contribution in [0.1, 0.15) is 52.4 Å². The van der Waals surface area contributed by atoms with Gasteiger partial charge in [0.15, 0.2) is 0 Å². The third-order valence-corrected chi connectivity index (χ3v) is 6.08. The molecule has 1 aliphatic heterocycles. The Bertz CT molecular complexity index is 293. The fraction of sp³-hybridized carbons (Fsp3) is 1.00. The Labute approximate surface area is 125 Å². The molecule has 1 saturated carbocycles. The van der Waals surface area contributed by atoms with E-state index < -0.39 is 0 Å². The van der Waals surface area contributed by atoms with Gasteiger partial charge in [-0.2, -0.15) is 0 Å². The summed E-state index contributed by atoms with van der Waals surface area (Å²) in [6.45, 7) is 8.08. The van der Waals surface area contributed by atoms with E-state index in [1.807, 2.05) is 0 Å². The molecular formula is C17H35N3. The summed E-state index contributed by atoms with van der Waals surface area (Å²) < 4.78 is 0. The highest BCUT2D eigenvalue weighted by Gasteiger charge is 2.41. The lowest BCUT2D eigenvalue weighted by atomic mass is 9.71. The zero-order valence-corrected chi connectivity index (χ0v) is 14.1. The summed E-state index contributed by atoms with van der Waals surface area (Å²) in [5.41, 5.74) is 6.56. The van der Waals surface area contributed by atoms with Crippen LogP contribution < -0.4 is 5.73 Å². The summed E-state index contributed by atoms with van der Waals surface area (Å²) in [7, 11) is 4.44. The van der Waals surface area contributed by atoms with Gasteiger partial charge in [-0.05, 0) is 71.0 Å². The minimum absolute atomic E-state index is 0.306. The molecule has 2 fully saturated rings. The Balaban J connectivity index is 2.01. The second kappa shape index (κ2) is 6.76. The summed E-state index contributed by atoms with van der Waals surface area (Å²) in [4.78, 5) is 5.15. The highest BCUT2D eigenvalue weighted by Crippen LogP contribution is 2.40. The van der Waals surface area contributed by atoms with Crippen LogP contribution in [-0.4, -0.2) is 55.1 Å². The van der Waals surface area contributed by atoms with E-state index in [1.54, 1.807) is 0 Å². The van der Waals surface area contributed by atoms with Gasteiger partial charge >= 0.3 is 0 Å². The molecular weight excluding hydrogens is 246 g/mol. The van der Waals surface area contributed by atoms with Crippen LogP contribution in [-0.2, 0) is 0 Å². The summed E-state index contributed by atoms with van der Waals surface area (Å²) in [5, 5.41) is 0. The van der Waals surface area contributed by atoms with Crippen molar-refractivity contribution < 1.29 is 0 Å². The van der Waals surface area contributed by atoms with E-state index in [0.29, 0.717) is 5.54 Å². The fourth-order valence-corrected chi connectivity index (χ4v) is 4.30. The van der Waals surface area contributed by atoms with Gasteiger partial charge in [-0.1, -0.05) is 13.8 Å². The number of hydrogen-bond acceptors (Lipinski definition) is 3. The zero-order valence-electron chi connectivity index (χ0n) is 14.1. The zero-order chi connectivity index (χ0) is 14.8. The van der Waals surface area contributed by atoms with Crippen LogP contribution in [0.4, 0.5) is 0 Å². The van der Waals surface area contributed by atoms with Crippen molar-refractivity contribution in [3.05, 3.63) is 0 Å². The molecule has 0 spiro atoms. The van der Waals surface area contributed by atoms with Gasteiger partial charge in [-0.3, -0.25) is 4.90 Å². The number of nitrogens with zero attached hydrogens (tertiary/aromatic N) is 2. The lowest BCUT2D eigenvalue weighted by Gasteiger charge is -2.51. The third kappa shape index (κ3) is 3.37. The Hall–Kier alpha value is -0.120. The van der Waals surface area contributed by atoms with Crippen molar-refractivity contribution in [1.82, 2.24) is 9.80 Å². The first-order valence-corrected chi connectivity index (χ1v) is 8.60. The Morgan fingerprint density at radius 3 is 2.35 bits per heavy atom. The summed E-state index contributed by atoms with van der Waals surface area (Å²) in [5.74, 6) is 1.76. The minimum atomic E-state index is 0.306. The molecule has 0 radical (unpaired) electrons. The van der Waals surface area contributed by atoms with Crippen LogP contribution >= 0.6 is 0 Å². The summed E-state index contributed by atoms with van der Waals surface area (Å²) >= 11 is 0. The smallest absolute Gasteiger partial charge is 0.0332 e. The molecule has 0 bridgehead atoms. The van der Waals surface area contributed by atoms with Gasteiger partial charge in [0.2, 0.25) is 0 Å². The Morgan fingerprint density at radius 2 is 1.85 bits per heavy atom. The second-order valence-corrected chi connectivity index (χ2v) is 7.72. The predicted molar refractivity (Wildman–Crippen MR) is 86.9 cm³/mol. The van der Waals surface area contributed by atoms with Crippen molar-refractivity contribution in [2.75, 3.05) is 33.7 Å². The molecule has 1 heterocycles. The molecule has 1 saturated heterocycles. The maximum Gasteiger partial charge on any atom is 0.0332 e. The van der Waals surface area contributed by atoms with E-state index in [9.17, 15) is 0 Å². The van der Waals surface area contributed by atoms with Crippen LogP contribution in [0.5, 0.6) is 0 Å². The summed E-state index contributed by atoms with van der Waals surface area (Å²) in [6, 6.07) is 0.718. The molecule has 3 nitrogen and oxygen atoms in total. The van der Waals surface area contributed by atoms with Crippen LogP contribution in [0.15, 0.2) is 0 Å². The molecule has 2 aliphatic rings. The van der Waals surface area contributed by atoms with E-state index in [-0.39, 0.29) is 0 Å².